The predicted molar refractivity (Wildman–Crippen MR) is 40.2 cm³/mol. The average Bonchev–Trinajstić information content (AvgIpc) is 2.12. The molecule has 0 N–H and O–H groups in total. The quantitative estimate of drug-likeness (QED) is 0.494. The molecular formula is C9H10O. The fourth-order valence-corrected chi connectivity index (χ4v) is 1.27. The van der Waals surface area contributed by atoms with Crippen molar-refractivity contribution < 1.29 is 4.74 Å². The lowest BCUT2D eigenvalue weighted by Gasteiger charge is -2.16. The molecule has 0 saturated carbocycles. The van der Waals surface area contributed by atoms with Crippen LogP contribution in [0, 0.1) is 0 Å². The molecule has 2 bridgehead atoms. The number of hydrogen-bond donors (Lipinski definition) is 0. The van der Waals surface area contributed by atoms with Crippen LogP contribution in [0.5, 0.6) is 0 Å². The standard InChI is InChI=1S/C9H10O/c1-2-5-9-7-3-6-8(4-1)10-9/h1-2,4-5H,3,6-7H2. The molecule has 1 saturated heterocycles. The fourth-order valence-electron chi connectivity index (χ4n) is 1.27. The van der Waals surface area contributed by atoms with Crippen molar-refractivity contribution in [3.8, 4) is 0 Å². The van der Waals surface area contributed by atoms with E-state index in [-0.39, 0.29) is 0 Å². The molecule has 52 valence electrons. The topological polar surface area (TPSA) is 9.23 Å². The summed E-state index contributed by atoms with van der Waals surface area (Å²) in [5.74, 6) is 2.23. The van der Waals surface area contributed by atoms with Gasteiger partial charge in [-0.1, -0.05) is 12.2 Å². The highest BCUT2D eigenvalue weighted by molar-refractivity contribution is 5.22. The molecule has 10 heavy (non-hydrogen) atoms. The van der Waals surface area contributed by atoms with Crippen molar-refractivity contribution in [1.29, 1.82) is 0 Å². The third-order valence-electron chi connectivity index (χ3n) is 1.78. The lowest BCUT2D eigenvalue weighted by Crippen LogP contribution is -1.99. The van der Waals surface area contributed by atoms with E-state index in [1.54, 1.807) is 0 Å². The molecule has 0 unspecified atom stereocenters. The second kappa shape index (κ2) is 2.33. The van der Waals surface area contributed by atoms with E-state index in [1.165, 1.54) is 6.42 Å². The summed E-state index contributed by atoms with van der Waals surface area (Å²) >= 11 is 0. The lowest BCUT2D eigenvalue weighted by atomic mass is 10.1. The minimum atomic E-state index is 1.10. The normalized spacial score (nSPS) is 22.4. The molecule has 0 aromatic heterocycles. The van der Waals surface area contributed by atoms with E-state index in [4.69, 9.17) is 4.74 Å². The highest BCUT2D eigenvalue weighted by atomic mass is 16.5. The molecule has 0 aromatic rings. The molecule has 2 aliphatic heterocycles. The van der Waals surface area contributed by atoms with Crippen molar-refractivity contribution >= 4 is 0 Å². The molecule has 1 heteroatoms. The Kier molecular flexibility index (Phi) is 1.35. The average molecular weight is 134 g/mol. The maximum absolute atomic E-state index is 5.51. The van der Waals surface area contributed by atoms with Crippen LogP contribution >= 0.6 is 0 Å². The largest absolute Gasteiger partial charge is 0.466 e. The Balaban J connectivity index is 2.31. The highest BCUT2D eigenvalue weighted by Crippen LogP contribution is 2.25. The first kappa shape index (κ1) is 5.78. The molecule has 1 nitrogen and oxygen atoms in total. The van der Waals surface area contributed by atoms with Crippen LogP contribution in [0.1, 0.15) is 19.3 Å². The summed E-state index contributed by atoms with van der Waals surface area (Å²) in [4.78, 5) is 0. The van der Waals surface area contributed by atoms with E-state index in [2.05, 4.69) is 0 Å². The van der Waals surface area contributed by atoms with Crippen LogP contribution in [0.15, 0.2) is 35.8 Å². The minimum absolute atomic E-state index is 1.10. The summed E-state index contributed by atoms with van der Waals surface area (Å²) in [6.45, 7) is 0. The van der Waals surface area contributed by atoms with E-state index in [0.717, 1.165) is 24.4 Å². The van der Waals surface area contributed by atoms with E-state index in [0.29, 0.717) is 0 Å². The van der Waals surface area contributed by atoms with E-state index < -0.39 is 0 Å². The fraction of sp³-hybridized carbons (Fsp3) is 0.333. The zero-order valence-electron chi connectivity index (χ0n) is 5.84. The van der Waals surface area contributed by atoms with E-state index >= 15 is 0 Å². The van der Waals surface area contributed by atoms with Gasteiger partial charge in [0.2, 0.25) is 0 Å². The van der Waals surface area contributed by atoms with Crippen LogP contribution in [0.4, 0.5) is 0 Å². The van der Waals surface area contributed by atoms with Gasteiger partial charge in [-0.15, -0.1) is 0 Å². The van der Waals surface area contributed by atoms with Crippen molar-refractivity contribution in [2.75, 3.05) is 0 Å². The second-order valence-electron chi connectivity index (χ2n) is 2.61. The molecule has 1 fully saturated rings. The molecule has 2 aliphatic rings. The lowest BCUT2D eigenvalue weighted by molar-refractivity contribution is 0.244. The summed E-state index contributed by atoms with van der Waals surface area (Å²) in [6.07, 6.45) is 11.6. The molecule has 2 heterocycles. The summed E-state index contributed by atoms with van der Waals surface area (Å²) in [5, 5.41) is 0. The van der Waals surface area contributed by atoms with Crippen molar-refractivity contribution in [1.82, 2.24) is 0 Å². The van der Waals surface area contributed by atoms with Gasteiger partial charge in [0.1, 0.15) is 11.5 Å². The molecule has 2 rings (SSSR count). The molecule has 0 amide bonds. The Morgan fingerprint density at radius 1 is 1.00 bits per heavy atom. The zero-order chi connectivity index (χ0) is 6.81. The second-order valence-corrected chi connectivity index (χ2v) is 2.61. The Labute approximate surface area is 60.7 Å². The van der Waals surface area contributed by atoms with Crippen LogP contribution in [-0.2, 0) is 4.74 Å². The van der Waals surface area contributed by atoms with E-state index in [9.17, 15) is 0 Å². The smallest absolute Gasteiger partial charge is 0.104 e. The molecule has 0 aromatic carbocycles. The summed E-state index contributed by atoms with van der Waals surface area (Å²) < 4.78 is 5.51. The number of rotatable bonds is 0. The molecule has 0 atom stereocenters. The minimum Gasteiger partial charge on any atom is -0.466 e. The summed E-state index contributed by atoms with van der Waals surface area (Å²) in [6, 6.07) is 0. The third kappa shape index (κ3) is 0.991. The Bertz CT molecular complexity index is 199. The van der Waals surface area contributed by atoms with Gasteiger partial charge >= 0.3 is 0 Å². The van der Waals surface area contributed by atoms with Crippen LogP contribution < -0.4 is 0 Å². The zero-order valence-corrected chi connectivity index (χ0v) is 5.84. The SMILES string of the molecule is C1=CC=C2CCCC(=C1)O2. The molecule has 0 aliphatic carbocycles. The predicted octanol–water partition coefficient (Wildman–Crippen LogP) is 2.52. The highest BCUT2D eigenvalue weighted by Gasteiger charge is 2.10. The monoisotopic (exact) mass is 134 g/mol. The van der Waals surface area contributed by atoms with Gasteiger partial charge in [0.05, 0.1) is 0 Å². The summed E-state index contributed by atoms with van der Waals surface area (Å²) in [5.41, 5.74) is 0. The first-order valence-corrected chi connectivity index (χ1v) is 3.69. The number of allylic oxidation sites excluding steroid dienone is 6. The van der Waals surface area contributed by atoms with Gasteiger partial charge in [-0.3, -0.25) is 0 Å². The Hall–Kier alpha value is -0.980. The third-order valence-corrected chi connectivity index (χ3v) is 1.78. The van der Waals surface area contributed by atoms with Crippen molar-refractivity contribution in [2.45, 2.75) is 19.3 Å². The maximum atomic E-state index is 5.51. The van der Waals surface area contributed by atoms with Crippen molar-refractivity contribution in [3.05, 3.63) is 35.8 Å². The van der Waals surface area contributed by atoms with Crippen LogP contribution in [0.25, 0.3) is 0 Å². The first-order valence-electron chi connectivity index (χ1n) is 3.69. The van der Waals surface area contributed by atoms with Crippen LogP contribution in [-0.4, -0.2) is 0 Å². The van der Waals surface area contributed by atoms with Gasteiger partial charge in [-0.05, 0) is 18.6 Å². The van der Waals surface area contributed by atoms with Gasteiger partial charge in [-0.25, -0.2) is 0 Å². The maximum Gasteiger partial charge on any atom is 0.104 e. The first-order chi connectivity index (χ1) is 4.95. The molecule has 0 spiro atoms. The molecule has 0 radical (unpaired) electrons. The van der Waals surface area contributed by atoms with Gasteiger partial charge in [0.25, 0.3) is 0 Å². The van der Waals surface area contributed by atoms with E-state index in [1.807, 2.05) is 24.3 Å². The Morgan fingerprint density at radius 3 is 2.20 bits per heavy atom. The van der Waals surface area contributed by atoms with Crippen molar-refractivity contribution in [3.63, 3.8) is 0 Å². The van der Waals surface area contributed by atoms with Crippen molar-refractivity contribution in [2.24, 2.45) is 0 Å². The van der Waals surface area contributed by atoms with Gasteiger partial charge in [-0.2, -0.15) is 0 Å². The van der Waals surface area contributed by atoms with Gasteiger partial charge < -0.3 is 4.74 Å². The number of fused-ring (bicyclic) bond motifs is 2. The van der Waals surface area contributed by atoms with Gasteiger partial charge in [0.15, 0.2) is 0 Å². The summed E-state index contributed by atoms with van der Waals surface area (Å²) in [7, 11) is 0. The van der Waals surface area contributed by atoms with Crippen LogP contribution in [0.3, 0.4) is 0 Å². The van der Waals surface area contributed by atoms with Gasteiger partial charge in [0, 0.05) is 12.8 Å². The number of hydrogen-bond acceptors (Lipinski definition) is 1. The number of ether oxygens (including phenoxy) is 1. The Morgan fingerprint density at radius 2 is 1.60 bits per heavy atom. The van der Waals surface area contributed by atoms with Crippen LogP contribution in [0.2, 0.25) is 0 Å². The molecular weight excluding hydrogens is 124 g/mol.